The lowest BCUT2D eigenvalue weighted by atomic mass is 10.1. The van der Waals surface area contributed by atoms with Gasteiger partial charge < -0.3 is 10.6 Å². The number of urea groups is 1. The molecule has 104 valence electrons. The molecule has 0 saturated carbocycles. The van der Waals surface area contributed by atoms with Crippen LogP contribution in [-0.2, 0) is 6.42 Å². The number of carbonyl (C=O) groups excluding carboxylic acids is 1. The predicted octanol–water partition coefficient (Wildman–Crippen LogP) is 4.85. The summed E-state index contributed by atoms with van der Waals surface area (Å²) in [5.74, 6) is 0. The molecule has 0 aliphatic heterocycles. The zero-order chi connectivity index (χ0) is 14.5. The highest BCUT2D eigenvalue weighted by Gasteiger charge is 2.04. The molecule has 0 saturated heterocycles. The van der Waals surface area contributed by atoms with Crippen molar-refractivity contribution in [2.45, 2.75) is 20.3 Å². The van der Waals surface area contributed by atoms with Gasteiger partial charge in [-0.1, -0.05) is 30.7 Å². The first-order valence-electron chi connectivity index (χ1n) is 6.51. The van der Waals surface area contributed by atoms with Gasteiger partial charge in [0.25, 0.3) is 0 Å². The van der Waals surface area contributed by atoms with Crippen molar-refractivity contribution in [3.8, 4) is 0 Å². The van der Waals surface area contributed by atoms with Crippen molar-refractivity contribution in [3.05, 3.63) is 58.6 Å². The van der Waals surface area contributed by atoms with Crippen LogP contribution in [0.2, 0.25) is 5.02 Å². The Hall–Kier alpha value is -2.00. The third-order valence-electron chi connectivity index (χ3n) is 3.04. The molecule has 0 atom stereocenters. The van der Waals surface area contributed by atoms with E-state index in [1.807, 2.05) is 37.3 Å². The van der Waals surface area contributed by atoms with E-state index in [2.05, 4.69) is 17.6 Å². The summed E-state index contributed by atoms with van der Waals surface area (Å²) in [6.45, 7) is 3.99. The molecule has 2 rings (SSSR count). The van der Waals surface area contributed by atoms with Crippen LogP contribution >= 0.6 is 11.6 Å². The molecule has 0 radical (unpaired) electrons. The molecule has 2 N–H and O–H groups in total. The molecule has 20 heavy (non-hydrogen) atoms. The molecule has 3 nitrogen and oxygen atoms in total. The normalized spacial score (nSPS) is 10.2. The van der Waals surface area contributed by atoms with Crippen LogP contribution in [0.25, 0.3) is 0 Å². The van der Waals surface area contributed by atoms with Crippen LogP contribution < -0.4 is 10.6 Å². The van der Waals surface area contributed by atoms with Crippen LogP contribution in [0.1, 0.15) is 18.1 Å². The fourth-order valence-electron chi connectivity index (χ4n) is 1.84. The quantitative estimate of drug-likeness (QED) is 0.832. The number of hydrogen-bond donors (Lipinski definition) is 2. The summed E-state index contributed by atoms with van der Waals surface area (Å²) in [6.07, 6.45) is 0.983. The number of halogens is 1. The van der Waals surface area contributed by atoms with E-state index in [0.29, 0.717) is 5.02 Å². The molecular formula is C16H17ClN2O. The smallest absolute Gasteiger partial charge is 0.308 e. The molecule has 0 spiro atoms. The summed E-state index contributed by atoms with van der Waals surface area (Å²) in [5, 5.41) is 6.26. The molecule has 0 aromatic heterocycles. The highest BCUT2D eigenvalue weighted by Crippen LogP contribution is 2.19. The first-order valence-corrected chi connectivity index (χ1v) is 6.89. The van der Waals surface area contributed by atoms with Gasteiger partial charge in [-0.3, -0.25) is 0 Å². The molecule has 2 aromatic carbocycles. The maximum atomic E-state index is 11.9. The van der Waals surface area contributed by atoms with Gasteiger partial charge in [-0.2, -0.15) is 0 Å². The molecule has 0 aliphatic rings. The van der Waals surface area contributed by atoms with Crippen LogP contribution in [0.5, 0.6) is 0 Å². The Morgan fingerprint density at radius 3 is 2.25 bits per heavy atom. The molecule has 2 aromatic rings. The number of anilines is 2. The summed E-state index contributed by atoms with van der Waals surface area (Å²) in [4.78, 5) is 11.9. The predicted molar refractivity (Wildman–Crippen MR) is 84.7 cm³/mol. The topological polar surface area (TPSA) is 41.1 Å². The number of amides is 2. The largest absolute Gasteiger partial charge is 0.323 e. The van der Waals surface area contributed by atoms with E-state index in [1.54, 1.807) is 12.1 Å². The van der Waals surface area contributed by atoms with E-state index in [0.717, 1.165) is 23.4 Å². The lowest BCUT2D eigenvalue weighted by molar-refractivity contribution is 0.262. The molecule has 0 heterocycles. The average molecular weight is 289 g/mol. The van der Waals surface area contributed by atoms with Crippen molar-refractivity contribution in [2.75, 3.05) is 10.6 Å². The third kappa shape index (κ3) is 3.75. The van der Waals surface area contributed by atoms with E-state index in [4.69, 9.17) is 11.6 Å². The monoisotopic (exact) mass is 288 g/mol. The number of rotatable bonds is 3. The second-order valence-electron chi connectivity index (χ2n) is 4.59. The Bertz CT molecular complexity index is 608. The first kappa shape index (κ1) is 14.4. The highest BCUT2D eigenvalue weighted by atomic mass is 35.5. The van der Waals surface area contributed by atoms with Crippen LogP contribution in [0.4, 0.5) is 16.2 Å². The van der Waals surface area contributed by atoms with Crippen molar-refractivity contribution >= 4 is 29.0 Å². The lowest BCUT2D eigenvalue weighted by Gasteiger charge is -2.09. The fraction of sp³-hybridized carbons (Fsp3) is 0.188. The van der Waals surface area contributed by atoms with Crippen LogP contribution in [0.15, 0.2) is 42.5 Å². The summed E-state index contributed by atoms with van der Waals surface area (Å²) in [7, 11) is 0. The van der Waals surface area contributed by atoms with Gasteiger partial charge in [0.05, 0.1) is 0 Å². The second-order valence-corrected chi connectivity index (χ2v) is 5.00. The Kier molecular flexibility index (Phi) is 4.64. The Morgan fingerprint density at radius 1 is 1.05 bits per heavy atom. The van der Waals surface area contributed by atoms with Crippen LogP contribution in [0, 0.1) is 6.92 Å². The van der Waals surface area contributed by atoms with Gasteiger partial charge in [-0.15, -0.1) is 0 Å². The van der Waals surface area contributed by atoms with Crippen LogP contribution in [-0.4, -0.2) is 6.03 Å². The second kappa shape index (κ2) is 6.44. The highest BCUT2D eigenvalue weighted by molar-refractivity contribution is 6.31. The van der Waals surface area contributed by atoms with Gasteiger partial charge in [-0.05, 0) is 54.8 Å². The minimum absolute atomic E-state index is 0.268. The lowest BCUT2D eigenvalue weighted by Crippen LogP contribution is -2.19. The summed E-state index contributed by atoms with van der Waals surface area (Å²) < 4.78 is 0. The SMILES string of the molecule is CCc1ccc(NC(=O)Nc2ccc(Cl)c(C)c2)cc1. The molecule has 0 bridgehead atoms. The standard InChI is InChI=1S/C16H17ClN2O/c1-3-12-4-6-13(7-5-12)18-16(20)19-14-8-9-15(17)11(2)10-14/h4-10H,3H2,1-2H3,(H2,18,19,20). The van der Waals surface area contributed by atoms with Gasteiger partial charge in [0, 0.05) is 16.4 Å². The molecule has 4 heteroatoms. The zero-order valence-electron chi connectivity index (χ0n) is 11.5. The molecular weight excluding hydrogens is 272 g/mol. The Labute approximate surface area is 124 Å². The van der Waals surface area contributed by atoms with Crippen molar-refractivity contribution in [1.82, 2.24) is 0 Å². The number of benzene rings is 2. The third-order valence-corrected chi connectivity index (χ3v) is 3.46. The van der Waals surface area contributed by atoms with Gasteiger partial charge in [0.15, 0.2) is 0 Å². The number of nitrogens with one attached hydrogen (secondary N) is 2. The summed E-state index contributed by atoms with van der Waals surface area (Å²) >= 11 is 5.95. The van der Waals surface area contributed by atoms with Gasteiger partial charge >= 0.3 is 6.03 Å². The van der Waals surface area contributed by atoms with Crippen molar-refractivity contribution in [1.29, 1.82) is 0 Å². The van der Waals surface area contributed by atoms with Crippen molar-refractivity contribution in [3.63, 3.8) is 0 Å². The molecule has 2 amide bonds. The maximum absolute atomic E-state index is 11.9. The van der Waals surface area contributed by atoms with Crippen LogP contribution in [0.3, 0.4) is 0 Å². The maximum Gasteiger partial charge on any atom is 0.323 e. The minimum Gasteiger partial charge on any atom is -0.308 e. The van der Waals surface area contributed by atoms with E-state index < -0.39 is 0 Å². The molecule has 0 aliphatic carbocycles. The first-order chi connectivity index (χ1) is 9.58. The summed E-state index contributed by atoms with van der Waals surface area (Å²) in [6, 6.07) is 12.9. The fourth-order valence-corrected chi connectivity index (χ4v) is 1.96. The Balaban J connectivity index is 1.99. The zero-order valence-corrected chi connectivity index (χ0v) is 12.3. The van der Waals surface area contributed by atoms with Gasteiger partial charge in [0.1, 0.15) is 0 Å². The Morgan fingerprint density at radius 2 is 1.65 bits per heavy atom. The molecule has 0 fully saturated rings. The van der Waals surface area contributed by atoms with Gasteiger partial charge in [-0.25, -0.2) is 4.79 Å². The van der Waals surface area contributed by atoms with Crippen molar-refractivity contribution < 1.29 is 4.79 Å². The number of carbonyl (C=O) groups is 1. The van der Waals surface area contributed by atoms with E-state index in [1.165, 1.54) is 5.56 Å². The van der Waals surface area contributed by atoms with E-state index in [-0.39, 0.29) is 6.03 Å². The summed E-state index contributed by atoms with van der Waals surface area (Å²) in [5.41, 5.74) is 3.65. The number of aryl methyl sites for hydroxylation is 2. The number of hydrogen-bond acceptors (Lipinski definition) is 1. The average Bonchev–Trinajstić information content (AvgIpc) is 2.44. The van der Waals surface area contributed by atoms with Gasteiger partial charge in [0.2, 0.25) is 0 Å². The minimum atomic E-state index is -0.268. The van der Waals surface area contributed by atoms with E-state index >= 15 is 0 Å². The van der Waals surface area contributed by atoms with Crippen molar-refractivity contribution in [2.24, 2.45) is 0 Å². The molecule has 0 unspecified atom stereocenters. The van der Waals surface area contributed by atoms with E-state index in [9.17, 15) is 4.79 Å².